The molecule has 6 heteroatoms. The molecule has 1 saturated heterocycles. The first-order chi connectivity index (χ1) is 6.27. The Morgan fingerprint density at radius 2 is 2.38 bits per heavy atom. The van der Waals surface area contributed by atoms with E-state index >= 15 is 0 Å². The summed E-state index contributed by atoms with van der Waals surface area (Å²) in [6.07, 6.45) is 1.48. The van der Waals surface area contributed by atoms with Gasteiger partial charge in [0.2, 0.25) is 12.2 Å². The molecule has 0 saturated carbocycles. The Labute approximate surface area is 73.5 Å². The predicted molar refractivity (Wildman–Crippen MR) is 39.3 cm³/mol. The van der Waals surface area contributed by atoms with Crippen LogP contribution in [0.4, 0.5) is 0 Å². The predicted octanol–water partition coefficient (Wildman–Crippen LogP) is -0.629. The first-order valence-electron chi connectivity index (χ1n) is 3.85. The second-order valence-electron chi connectivity index (χ2n) is 2.75. The number of likely N-dealkylation sites (tertiary alicyclic amines) is 1. The number of hydrogen-bond acceptors (Lipinski definition) is 5. The average Bonchev–Trinajstić information content (AvgIpc) is 2.71. The summed E-state index contributed by atoms with van der Waals surface area (Å²) in [5, 5.41) is 3.55. The average molecular weight is 181 g/mol. The van der Waals surface area contributed by atoms with Gasteiger partial charge in [-0.25, -0.2) is 0 Å². The highest BCUT2D eigenvalue weighted by Gasteiger charge is 2.29. The van der Waals surface area contributed by atoms with Gasteiger partial charge in [-0.1, -0.05) is 5.16 Å². The number of amides is 1. The van der Waals surface area contributed by atoms with Crippen molar-refractivity contribution < 1.29 is 14.1 Å². The SMILES string of the molecule is O=C1CCN(Cc2ncon2)C1=O. The summed E-state index contributed by atoms with van der Waals surface area (Å²) in [7, 11) is 0. The van der Waals surface area contributed by atoms with E-state index in [1.807, 2.05) is 0 Å². The maximum absolute atomic E-state index is 11.1. The molecule has 1 aliphatic rings. The van der Waals surface area contributed by atoms with Gasteiger partial charge in [0.15, 0.2) is 5.82 Å². The van der Waals surface area contributed by atoms with Crippen molar-refractivity contribution in [2.45, 2.75) is 13.0 Å². The van der Waals surface area contributed by atoms with Crippen LogP contribution in [0.3, 0.4) is 0 Å². The molecule has 1 amide bonds. The summed E-state index contributed by atoms with van der Waals surface area (Å²) in [6.45, 7) is 0.702. The van der Waals surface area contributed by atoms with E-state index in [1.165, 1.54) is 11.3 Å². The minimum absolute atomic E-state index is 0.251. The molecule has 1 aliphatic heterocycles. The number of hydrogen-bond donors (Lipinski definition) is 0. The normalized spacial score (nSPS) is 17.1. The first-order valence-corrected chi connectivity index (χ1v) is 3.85. The van der Waals surface area contributed by atoms with Crippen molar-refractivity contribution in [1.82, 2.24) is 15.0 Å². The van der Waals surface area contributed by atoms with Crippen LogP contribution < -0.4 is 0 Å². The fourth-order valence-corrected chi connectivity index (χ4v) is 1.20. The van der Waals surface area contributed by atoms with E-state index < -0.39 is 5.91 Å². The van der Waals surface area contributed by atoms with Crippen molar-refractivity contribution >= 4 is 11.7 Å². The fourth-order valence-electron chi connectivity index (χ4n) is 1.20. The van der Waals surface area contributed by atoms with Crippen molar-refractivity contribution in [3.05, 3.63) is 12.2 Å². The van der Waals surface area contributed by atoms with Crippen LogP contribution in [0.2, 0.25) is 0 Å². The molecule has 13 heavy (non-hydrogen) atoms. The Balaban J connectivity index is 2.04. The van der Waals surface area contributed by atoms with Crippen molar-refractivity contribution in [3.63, 3.8) is 0 Å². The Morgan fingerprint density at radius 1 is 1.54 bits per heavy atom. The number of Topliss-reactive ketones (excluding diaryl/α,β-unsaturated/α-hetero) is 1. The molecular formula is C7H7N3O3. The molecule has 1 aromatic heterocycles. The van der Waals surface area contributed by atoms with Crippen LogP contribution in [0.15, 0.2) is 10.9 Å². The van der Waals surface area contributed by atoms with Gasteiger partial charge in [0, 0.05) is 13.0 Å². The topological polar surface area (TPSA) is 76.3 Å². The molecular weight excluding hydrogens is 174 g/mol. The quantitative estimate of drug-likeness (QED) is 0.568. The lowest BCUT2D eigenvalue weighted by Crippen LogP contribution is -2.27. The summed E-state index contributed by atoms with van der Waals surface area (Å²) in [5.74, 6) is -0.378. The molecule has 2 heterocycles. The minimum Gasteiger partial charge on any atom is -0.343 e. The highest BCUT2D eigenvalue weighted by Crippen LogP contribution is 2.08. The second kappa shape index (κ2) is 2.96. The van der Waals surface area contributed by atoms with Crippen molar-refractivity contribution in [1.29, 1.82) is 0 Å². The monoisotopic (exact) mass is 181 g/mol. The largest absolute Gasteiger partial charge is 0.343 e. The Kier molecular flexibility index (Phi) is 1.80. The Morgan fingerprint density at radius 3 is 2.92 bits per heavy atom. The smallest absolute Gasteiger partial charge is 0.290 e. The van der Waals surface area contributed by atoms with Crippen LogP contribution in [-0.2, 0) is 16.1 Å². The van der Waals surface area contributed by atoms with Crippen LogP contribution in [0.1, 0.15) is 12.2 Å². The maximum Gasteiger partial charge on any atom is 0.290 e. The van der Waals surface area contributed by atoms with Gasteiger partial charge in [-0.05, 0) is 0 Å². The summed E-state index contributed by atoms with van der Waals surface area (Å²) >= 11 is 0. The van der Waals surface area contributed by atoms with Crippen LogP contribution in [0, 0.1) is 0 Å². The number of carbonyl (C=O) groups excluding carboxylic acids is 2. The van der Waals surface area contributed by atoms with Crippen molar-refractivity contribution in [2.75, 3.05) is 6.54 Å². The van der Waals surface area contributed by atoms with Crippen LogP contribution in [0.5, 0.6) is 0 Å². The Hall–Kier alpha value is -1.72. The van der Waals surface area contributed by atoms with E-state index in [9.17, 15) is 9.59 Å². The second-order valence-corrected chi connectivity index (χ2v) is 2.75. The molecule has 0 N–H and O–H groups in total. The fraction of sp³-hybridized carbons (Fsp3) is 0.429. The first kappa shape index (κ1) is 7.90. The molecule has 0 unspecified atom stereocenters. The lowest BCUT2D eigenvalue weighted by atomic mass is 10.3. The van der Waals surface area contributed by atoms with Gasteiger partial charge in [-0.2, -0.15) is 4.98 Å². The van der Waals surface area contributed by atoms with E-state index in [4.69, 9.17) is 0 Å². The van der Waals surface area contributed by atoms with Gasteiger partial charge in [-0.3, -0.25) is 9.59 Å². The molecule has 0 aliphatic carbocycles. The molecule has 0 spiro atoms. The summed E-state index contributed by atoms with van der Waals surface area (Å²) < 4.78 is 4.50. The maximum atomic E-state index is 11.1. The van der Waals surface area contributed by atoms with Crippen LogP contribution in [-0.4, -0.2) is 33.3 Å². The minimum atomic E-state index is -0.454. The molecule has 0 atom stereocenters. The van der Waals surface area contributed by atoms with Gasteiger partial charge in [0.1, 0.15) is 0 Å². The molecule has 0 radical (unpaired) electrons. The lowest BCUT2D eigenvalue weighted by Gasteiger charge is -2.10. The molecule has 0 aromatic carbocycles. The molecule has 1 fully saturated rings. The highest BCUT2D eigenvalue weighted by molar-refractivity contribution is 6.37. The number of ketones is 1. The third kappa shape index (κ3) is 1.42. The van der Waals surface area contributed by atoms with Crippen LogP contribution in [0.25, 0.3) is 0 Å². The molecule has 1 aromatic rings. The van der Waals surface area contributed by atoms with E-state index in [0.29, 0.717) is 12.4 Å². The summed E-state index contributed by atoms with van der Waals surface area (Å²) in [6, 6.07) is 0. The number of nitrogens with zero attached hydrogens (tertiary/aromatic N) is 3. The van der Waals surface area contributed by atoms with Gasteiger partial charge < -0.3 is 9.42 Å². The summed E-state index contributed by atoms with van der Waals surface area (Å²) in [5.41, 5.74) is 0. The standard InChI is InChI=1S/C7H7N3O3/c11-5-1-2-10(7(5)12)3-6-8-4-13-9-6/h4H,1-3H2. The summed E-state index contributed by atoms with van der Waals surface area (Å²) in [4.78, 5) is 27.1. The van der Waals surface area contributed by atoms with E-state index in [-0.39, 0.29) is 18.7 Å². The molecule has 6 nitrogen and oxygen atoms in total. The molecule has 2 rings (SSSR count). The van der Waals surface area contributed by atoms with Gasteiger partial charge >= 0.3 is 0 Å². The third-order valence-corrected chi connectivity index (χ3v) is 1.87. The highest BCUT2D eigenvalue weighted by atomic mass is 16.5. The van der Waals surface area contributed by atoms with E-state index in [0.717, 1.165) is 0 Å². The zero-order chi connectivity index (χ0) is 9.26. The van der Waals surface area contributed by atoms with Gasteiger partial charge in [-0.15, -0.1) is 0 Å². The van der Waals surface area contributed by atoms with Gasteiger partial charge in [0.25, 0.3) is 5.91 Å². The number of rotatable bonds is 2. The van der Waals surface area contributed by atoms with Crippen molar-refractivity contribution in [3.8, 4) is 0 Å². The number of carbonyl (C=O) groups is 2. The zero-order valence-electron chi connectivity index (χ0n) is 6.77. The van der Waals surface area contributed by atoms with E-state index in [1.54, 1.807) is 0 Å². The Bertz CT molecular complexity index is 333. The van der Waals surface area contributed by atoms with E-state index in [2.05, 4.69) is 14.7 Å². The lowest BCUT2D eigenvalue weighted by molar-refractivity contribution is -0.140. The molecule has 0 bridgehead atoms. The van der Waals surface area contributed by atoms with Crippen LogP contribution >= 0.6 is 0 Å². The van der Waals surface area contributed by atoms with Crippen molar-refractivity contribution in [2.24, 2.45) is 0 Å². The van der Waals surface area contributed by atoms with Gasteiger partial charge in [0.05, 0.1) is 6.54 Å². The molecule has 68 valence electrons. The number of aromatic nitrogens is 2. The third-order valence-electron chi connectivity index (χ3n) is 1.87. The zero-order valence-corrected chi connectivity index (χ0v) is 6.77.